The lowest BCUT2D eigenvalue weighted by Crippen LogP contribution is -2.20. The molecule has 0 spiro atoms. The first kappa shape index (κ1) is 10.7. The maximum Gasteiger partial charge on any atom is 0.0543 e. The molecule has 1 heteroatoms. The van der Waals surface area contributed by atoms with Gasteiger partial charge in [-0.05, 0) is 44.1 Å². The predicted molar refractivity (Wildman–Crippen MR) is 62.8 cm³/mol. The summed E-state index contributed by atoms with van der Waals surface area (Å²) >= 11 is 0. The van der Waals surface area contributed by atoms with E-state index < -0.39 is 0 Å². The van der Waals surface area contributed by atoms with Gasteiger partial charge in [-0.15, -0.1) is 0 Å². The molecule has 1 aliphatic rings. The SMILES string of the molecule is Cc1ccc(CC2CCCC(O)C2)cc1. The van der Waals surface area contributed by atoms with E-state index >= 15 is 0 Å². The van der Waals surface area contributed by atoms with Crippen LogP contribution in [0.25, 0.3) is 0 Å². The number of hydrogen-bond acceptors (Lipinski definition) is 1. The molecular formula is C14H20O. The van der Waals surface area contributed by atoms with Crippen LogP contribution in [0.2, 0.25) is 0 Å². The van der Waals surface area contributed by atoms with Crippen molar-refractivity contribution in [3.05, 3.63) is 35.4 Å². The summed E-state index contributed by atoms with van der Waals surface area (Å²) in [5.74, 6) is 0.691. The molecule has 1 aliphatic carbocycles. The molecule has 15 heavy (non-hydrogen) atoms. The molecule has 0 aromatic heterocycles. The van der Waals surface area contributed by atoms with Crippen LogP contribution in [0, 0.1) is 12.8 Å². The van der Waals surface area contributed by atoms with Crippen LogP contribution in [-0.4, -0.2) is 11.2 Å². The van der Waals surface area contributed by atoms with Crippen LogP contribution in [0.4, 0.5) is 0 Å². The van der Waals surface area contributed by atoms with E-state index in [0.29, 0.717) is 5.92 Å². The summed E-state index contributed by atoms with van der Waals surface area (Å²) in [5, 5.41) is 9.60. The summed E-state index contributed by atoms with van der Waals surface area (Å²) in [5.41, 5.74) is 2.74. The molecule has 0 radical (unpaired) electrons. The van der Waals surface area contributed by atoms with Gasteiger partial charge < -0.3 is 5.11 Å². The number of aryl methyl sites for hydroxylation is 1. The molecule has 0 saturated heterocycles. The van der Waals surface area contributed by atoms with E-state index in [4.69, 9.17) is 0 Å². The maximum absolute atomic E-state index is 9.60. The average Bonchev–Trinajstić information content (AvgIpc) is 2.22. The molecular weight excluding hydrogens is 184 g/mol. The number of rotatable bonds is 2. The van der Waals surface area contributed by atoms with Crippen LogP contribution < -0.4 is 0 Å². The zero-order valence-electron chi connectivity index (χ0n) is 9.45. The van der Waals surface area contributed by atoms with E-state index in [1.165, 1.54) is 24.0 Å². The summed E-state index contributed by atoms with van der Waals surface area (Å²) in [6.45, 7) is 2.12. The van der Waals surface area contributed by atoms with Crippen molar-refractivity contribution < 1.29 is 5.11 Å². The molecule has 0 heterocycles. The first-order chi connectivity index (χ1) is 7.24. The fraction of sp³-hybridized carbons (Fsp3) is 0.571. The van der Waals surface area contributed by atoms with Crippen LogP contribution in [0.15, 0.2) is 24.3 Å². The summed E-state index contributed by atoms with van der Waals surface area (Å²) in [6.07, 6.45) is 5.56. The third-order valence-corrected chi connectivity index (χ3v) is 3.40. The van der Waals surface area contributed by atoms with Gasteiger partial charge in [0.2, 0.25) is 0 Å². The highest BCUT2D eigenvalue weighted by molar-refractivity contribution is 5.21. The van der Waals surface area contributed by atoms with Crippen LogP contribution in [0.5, 0.6) is 0 Å². The second-order valence-corrected chi connectivity index (χ2v) is 4.88. The van der Waals surface area contributed by atoms with E-state index in [2.05, 4.69) is 31.2 Å². The molecule has 1 aromatic carbocycles. The van der Waals surface area contributed by atoms with Gasteiger partial charge in [0.15, 0.2) is 0 Å². The normalized spacial score (nSPS) is 26.5. The first-order valence-electron chi connectivity index (χ1n) is 5.97. The van der Waals surface area contributed by atoms with Gasteiger partial charge in [-0.2, -0.15) is 0 Å². The summed E-state index contributed by atoms with van der Waals surface area (Å²) < 4.78 is 0. The summed E-state index contributed by atoms with van der Waals surface area (Å²) in [4.78, 5) is 0. The minimum atomic E-state index is -0.0470. The van der Waals surface area contributed by atoms with Gasteiger partial charge in [0, 0.05) is 0 Å². The van der Waals surface area contributed by atoms with E-state index in [1.807, 2.05) is 0 Å². The monoisotopic (exact) mass is 204 g/mol. The van der Waals surface area contributed by atoms with Crippen molar-refractivity contribution in [1.82, 2.24) is 0 Å². The van der Waals surface area contributed by atoms with Crippen LogP contribution >= 0.6 is 0 Å². The van der Waals surface area contributed by atoms with Gasteiger partial charge in [0.1, 0.15) is 0 Å². The molecule has 0 amide bonds. The van der Waals surface area contributed by atoms with Gasteiger partial charge in [-0.1, -0.05) is 36.2 Å². The number of aliphatic hydroxyl groups excluding tert-OH is 1. The quantitative estimate of drug-likeness (QED) is 0.785. The summed E-state index contributed by atoms with van der Waals surface area (Å²) in [7, 11) is 0. The first-order valence-corrected chi connectivity index (χ1v) is 5.97. The largest absolute Gasteiger partial charge is 0.393 e. The molecule has 1 aromatic rings. The van der Waals surface area contributed by atoms with Crippen LogP contribution in [0.3, 0.4) is 0 Å². The van der Waals surface area contributed by atoms with Gasteiger partial charge in [0.25, 0.3) is 0 Å². The molecule has 1 fully saturated rings. The zero-order chi connectivity index (χ0) is 10.7. The Labute approximate surface area is 92.1 Å². The fourth-order valence-corrected chi connectivity index (χ4v) is 2.51. The van der Waals surface area contributed by atoms with Crippen LogP contribution in [0.1, 0.15) is 36.8 Å². The van der Waals surface area contributed by atoms with Crippen molar-refractivity contribution in [1.29, 1.82) is 0 Å². The lowest BCUT2D eigenvalue weighted by atomic mass is 9.83. The Balaban J connectivity index is 1.93. The Kier molecular flexibility index (Phi) is 3.42. The highest BCUT2D eigenvalue weighted by Crippen LogP contribution is 2.27. The van der Waals surface area contributed by atoms with Crippen molar-refractivity contribution >= 4 is 0 Å². The molecule has 2 unspecified atom stereocenters. The van der Waals surface area contributed by atoms with Crippen molar-refractivity contribution in [2.45, 2.75) is 45.1 Å². The van der Waals surface area contributed by atoms with Gasteiger partial charge in [0.05, 0.1) is 6.10 Å². The van der Waals surface area contributed by atoms with Crippen LogP contribution in [-0.2, 0) is 6.42 Å². The molecule has 2 rings (SSSR count). The second kappa shape index (κ2) is 4.80. The minimum Gasteiger partial charge on any atom is -0.393 e. The van der Waals surface area contributed by atoms with Gasteiger partial charge in [-0.3, -0.25) is 0 Å². The van der Waals surface area contributed by atoms with Crippen molar-refractivity contribution in [2.24, 2.45) is 5.92 Å². The van der Waals surface area contributed by atoms with Crippen molar-refractivity contribution in [3.63, 3.8) is 0 Å². The molecule has 1 nitrogen and oxygen atoms in total. The lowest BCUT2D eigenvalue weighted by molar-refractivity contribution is 0.101. The minimum absolute atomic E-state index is 0.0470. The third kappa shape index (κ3) is 3.07. The summed E-state index contributed by atoms with van der Waals surface area (Å²) in [6, 6.07) is 8.79. The van der Waals surface area contributed by atoms with Crippen molar-refractivity contribution in [2.75, 3.05) is 0 Å². The third-order valence-electron chi connectivity index (χ3n) is 3.40. The van der Waals surface area contributed by atoms with E-state index in [1.54, 1.807) is 0 Å². The lowest BCUT2D eigenvalue weighted by Gasteiger charge is -2.25. The molecule has 82 valence electrons. The number of hydrogen-bond donors (Lipinski definition) is 1. The smallest absolute Gasteiger partial charge is 0.0543 e. The highest BCUT2D eigenvalue weighted by Gasteiger charge is 2.19. The Morgan fingerprint density at radius 2 is 1.93 bits per heavy atom. The molecule has 0 aliphatic heterocycles. The topological polar surface area (TPSA) is 20.2 Å². The number of aliphatic hydroxyl groups is 1. The number of benzene rings is 1. The standard InChI is InChI=1S/C14H20O/c1-11-5-7-12(8-6-11)9-13-3-2-4-14(15)10-13/h5-8,13-15H,2-4,9-10H2,1H3. The Hall–Kier alpha value is -0.820. The Morgan fingerprint density at radius 3 is 2.60 bits per heavy atom. The van der Waals surface area contributed by atoms with Gasteiger partial charge in [-0.25, -0.2) is 0 Å². The molecule has 2 atom stereocenters. The molecule has 1 N–H and O–H groups in total. The molecule has 0 bridgehead atoms. The van der Waals surface area contributed by atoms with Crippen molar-refractivity contribution in [3.8, 4) is 0 Å². The van der Waals surface area contributed by atoms with E-state index in [-0.39, 0.29) is 6.10 Å². The Bertz CT molecular complexity index is 302. The average molecular weight is 204 g/mol. The zero-order valence-corrected chi connectivity index (χ0v) is 9.45. The fourth-order valence-electron chi connectivity index (χ4n) is 2.51. The van der Waals surface area contributed by atoms with E-state index in [9.17, 15) is 5.11 Å². The molecule has 1 saturated carbocycles. The van der Waals surface area contributed by atoms with Gasteiger partial charge >= 0.3 is 0 Å². The Morgan fingerprint density at radius 1 is 1.20 bits per heavy atom. The maximum atomic E-state index is 9.60. The predicted octanol–water partition coefficient (Wildman–Crippen LogP) is 3.09. The highest BCUT2D eigenvalue weighted by atomic mass is 16.3. The van der Waals surface area contributed by atoms with E-state index in [0.717, 1.165) is 19.3 Å². The second-order valence-electron chi connectivity index (χ2n) is 4.88.